The van der Waals surface area contributed by atoms with Crippen molar-refractivity contribution >= 4 is 17.7 Å². The third-order valence-electron chi connectivity index (χ3n) is 5.60. The first-order valence-electron chi connectivity index (χ1n) is 11.4. The topological polar surface area (TPSA) is 85.3 Å². The standard InChI is InChI=1S/C25H32N4O3/c1-4-32-24(31)15-21(22-16-26-18(2)27-17-22)9-7-5-6-8-10-23-12-11-20-13-14-29(19(3)30)25(20)28-23/h7,9,11-12,16-17,21H,4-6,8,10,13-15H2,1-3H3/b9-7+. The second-order valence-electron chi connectivity index (χ2n) is 8.06. The number of hydrogen-bond acceptors (Lipinski definition) is 6. The maximum Gasteiger partial charge on any atom is 0.306 e. The smallest absolute Gasteiger partial charge is 0.306 e. The van der Waals surface area contributed by atoms with E-state index in [2.05, 4.69) is 34.3 Å². The van der Waals surface area contributed by atoms with Gasteiger partial charge < -0.3 is 4.74 Å². The van der Waals surface area contributed by atoms with Gasteiger partial charge >= 0.3 is 5.97 Å². The molecule has 1 amide bonds. The number of nitrogens with zero attached hydrogens (tertiary/aromatic N) is 4. The molecule has 7 heteroatoms. The molecule has 1 aliphatic rings. The number of hydrogen-bond donors (Lipinski definition) is 0. The molecular formula is C25H32N4O3. The highest BCUT2D eigenvalue weighted by Crippen LogP contribution is 2.26. The first kappa shape index (κ1) is 23.6. The van der Waals surface area contributed by atoms with Crippen LogP contribution in [-0.2, 0) is 27.2 Å². The van der Waals surface area contributed by atoms with Gasteiger partial charge in [0, 0.05) is 37.5 Å². The number of pyridine rings is 1. The third kappa shape index (κ3) is 6.45. The zero-order chi connectivity index (χ0) is 22.9. The fourth-order valence-electron chi connectivity index (χ4n) is 3.85. The van der Waals surface area contributed by atoms with E-state index in [4.69, 9.17) is 9.72 Å². The van der Waals surface area contributed by atoms with Gasteiger partial charge in [-0.3, -0.25) is 14.5 Å². The summed E-state index contributed by atoms with van der Waals surface area (Å²) in [6.07, 6.45) is 12.7. The van der Waals surface area contributed by atoms with E-state index in [1.165, 1.54) is 0 Å². The van der Waals surface area contributed by atoms with E-state index in [1.54, 1.807) is 24.2 Å². The molecule has 170 valence electrons. The van der Waals surface area contributed by atoms with Crippen molar-refractivity contribution in [1.82, 2.24) is 15.0 Å². The summed E-state index contributed by atoms with van der Waals surface area (Å²) in [5.74, 6) is 1.28. The molecule has 1 atom stereocenters. The molecule has 32 heavy (non-hydrogen) atoms. The van der Waals surface area contributed by atoms with Crippen LogP contribution in [0.15, 0.2) is 36.7 Å². The number of aryl methyl sites for hydroxylation is 2. The van der Waals surface area contributed by atoms with Gasteiger partial charge in [0.1, 0.15) is 11.6 Å². The summed E-state index contributed by atoms with van der Waals surface area (Å²) in [4.78, 5) is 38.8. The Morgan fingerprint density at radius 1 is 1.22 bits per heavy atom. The van der Waals surface area contributed by atoms with Crippen molar-refractivity contribution in [2.45, 2.75) is 65.2 Å². The lowest BCUT2D eigenvalue weighted by Gasteiger charge is -2.14. The maximum absolute atomic E-state index is 12.0. The molecule has 0 radical (unpaired) electrons. The second kappa shape index (κ2) is 11.5. The number of rotatable bonds is 10. The van der Waals surface area contributed by atoms with Crippen molar-refractivity contribution in [3.05, 3.63) is 59.3 Å². The molecule has 7 nitrogen and oxygen atoms in total. The number of unbranched alkanes of at least 4 members (excludes halogenated alkanes) is 2. The summed E-state index contributed by atoms with van der Waals surface area (Å²) >= 11 is 0. The predicted octanol–water partition coefficient (Wildman–Crippen LogP) is 4.10. The Kier molecular flexibility index (Phi) is 8.48. The summed E-state index contributed by atoms with van der Waals surface area (Å²) in [6, 6.07) is 4.18. The Labute approximate surface area is 189 Å². The van der Waals surface area contributed by atoms with Crippen LogP contribution in [0.2, 0.25) is 0 Å². The summed E-state index contributed by atoms with van der Waals surface area (Å²) in [6.45, 7) is 6.35. The summed E-state index contributed by atoms with van der Waals surface area (Å²) < 4.78 is 5.12. The maximum atomic E-state index is 12.0. The van der Waals surface area contributed by atoms with Crippen molar-refractivity contribution in [2.75, 3.05) is 18.1 Å². The lowest BCUT2D eigenvalue weighted by Crippen LogP contribution is -2.26. The summed E-state index contributed by atoms with van der Waals surface area (Å²) in [7, 11) is 0. The van der Waals surface area contributed by atoms with Crippen molar-refractivity contribution in [2.24, 2.45) is 0 Å². The van der Waals surface area contributed by atoms with Gasteiger partial charge in [-0.05, 0) is 63.1 Å². The number of anilines is 1. The summed E-state index contributed by atoms with van der Waals surface area (Å²) in [5, 5.41) is 0. The number of fused-ring (bicyclic) bond motifs is 1. The number of aromatic nitrogens is 3. The van der Waals surface area contributed by atoms with E-state index in [-0.39, 0.29) is 24.2 Å². The molecule has 0 N–H and O–H groups in total. The van der Waals surface area contributed by atoms with Gasteiger partial charge in [0.05, 0.1) is 13.0 Å². The number of amides is 1. The number of allylic oxidation sites excluding steroid dienone is 2. The van der Waals surface area contributed by atoms with Crippen molar-refractivity contribution in [1.29, 1.82) is 0 Å². The SMILES string of the molecule is CCOC(=O)CC(/C=C/CCCCc1ccc2c(n1)N(C(C)=O)CC2)c1cnc(C)nc1. The van der Waals surface area contributed by atoms with Crippen LogP contribution in [0, 0.1) is 6.92 Å². The molecule has 1 aliphatic heterocycles. The molecule has 0 aromatic carbocycles. The van der Waals surface area contributed by atoms with Gasteiger partial charge in [0.15, 0.2) is 0 Å². The molecule has 0 spiro atoms. The first-order chi connectivity index (χ1) is 15.5. The fraction of sp³-hybridized carbons (Fsp3) is 0.480. The van der Waals surface area contributed by atoms with Crippen LogP contribution in [0.4, 0.5) is 5.82 Å². The van der Waals surface area contributed by atoms with Crippen molar-refractivity contribution in [3.8, 4) is 0 Å². The number of carbonyl (C=O) groups excluding carboxylic acids is 2. The number of ether oxygens (including phenoxy) is 1. The van der Waals surface area contributed by atoms with Crippen LogP contribution in [0.3, 0.4) is 0 Å². The number of carbonyl (C=O) groups is 2. The predicted molar refractivity (Wildman–Crippen MR) is 123 cm³/mol. The Balaban J connectivity index is 1.51. The van der Waals surface area contributed by atoms with Crippen LogP contribution in [-0.4, -0.2) is 40.0 Å². The minimum absolute atomic E-state index is 0.0508. The lowest BCUT2D eigenvalue weighted by molar-refractivity contribution is -0.143. The van der Waals surface area contributed by atoms with Gasteiger partial charge in [-0.1, -0.05) is 18.2 Å². The monoisotopic (exact) mass is 436 g/mol. The van der Waals surface area contributed by atoms with E-state index in [0.29, 0.717) is 12.4 Å². The first-order valence-corrected chi connectivity index (χ1v) is 11.4. The molecule has 1 unspecified atom stereocenters. The van der Waals surface area contributed by atoms with Crippen LogP contribution in [0.1, 0.15) is 68.1 Å². The minimum atomic E-state index is -0.218. The van der Waals surface area contributed by atoms with Crippen LogP contribution in [0.5, 0.6) is 0 Å². The Morgan fingerprint density at radius 2 is 2.00 bits per heavy atom. The average Bonchev–Trinajstić information content (AvgIpc) is 3.19. The van der Waals surface area contributed by atoms with Gasteiger partial charge in [-0.2, -0.15) is 0 Å². The Morgan fingerprint density at radius 3 is 2.72 bits per heavy atom. The van der Waals surface area contributed by atoms with Crippen molar-refractivity contribution in [3.63, 3.8) is 0 Å². The Bertz CT molecular complexity index is 956. The van der Waals surface area contributed by atoms with E-state index in [0.717, 1.165) is 61.3 Å². The van der Waals surface area contributed by atoms with E-state index in [9.17, 15) is 9.59 Å². The van der Waals surface area contributed by atoms with Crippen molar-refractivity contribution < 1.29 is 14.3 Å². The molecule has 3 rings (SSSR count). The second-order valence-corrected chi connectivity index (χ2v) is 8.06. The molecule has 0 saturated heterocycles. The van der Waals surface area contributed by atoms with Crippen LogP contribution in [0.25, 0.3) is 0 Å². The Hall–Kier alpha value is -3.09. The molecule has 0 saturated carbocycles. The molecular weight excluding hydrogens is 404 g/mol. The highest BCUT2D eigenvalue weighted by Gasteiger charge is 2.23. The van der Waals surface area contributed by atoms with Gasteiger partial charge in [-0.15, -0.1) is 0 Å². The fourth-order valence-corrected chi connectivity index (χ4v) is 3.85. The van der Waals surface area contributed by atoms with E-state index < -0.39 is 0 Å². The molecule has 2 aromatic rings. The van der Waals surface area contributed by atoms with Crippen LogP contribution >= 0.6 is 0 Å². The quantitative estimate of drug-likeness (QED) is 0.317. The zero-order valence-electron chi connectivity index (χ0n) is 19.2. The largest absolute Gasteiger partial charge is 0.466 e. The zero-order valence-corrected chi connectivity index (χ0v) is 19.2. The van der Waals surface area contributed by atoms with Gasteiger partial charge in [-0.25, -0.2) is 15.0 Å². The molecule has 0 fully saturated rings. The molecule has 3 heterocycles. The van der Waals surface area contributed by atoms with Crippen LogP contribution < -0.4 is 4.90 Å². The van der Waals surface area contributed by atoms with E-state index >= 15 is 0 Å². The normalized spacial score (nSPS) is 13.9. The third-order valence-corrected chi connectivity index (χ3v) is 5.60. The lowest BCUT2D eigenvalue weighted by atomic mass is 9.97. The van der Waals surface area contributed by atoms with Gasteiger partial charge in [0.25, 0.3) is 0 Å². The number of esters is 1. The molecule has 0 bridgehead atoms. The van der Waals surface area contributed by atoms with Gasteiger partial charge in [0.2, 0.25) is 5.91 Å². The highest BCUT2D eigenvalue weighted by molar-refractivity contribution is 5.92. The average molecular weight is 437 g/mol. The summed E-state index contributed by atoms with van der Waals surface area (Å²) in [5.41, 5.74) is 3.09. The molecule has 2 aromatic heterocycles. The van der Waals surface area contributed by atoms with E-state index in [1.807, 2.05) is 13.8 Å². The molecule has 0 aliphatic carbocycles. The highest BCUT2D eigenvalue weighted by atomic mass is 16.5. The minimum Gasteiger partial charge on any atom is -0.466 e.